The summed E-state index contributed by atoms with van der Waals surface area (Å²) in [5, 5.41) is 26.1. The molecule has 9 nitrogen and oxygen atoms in total. The first-order valence-electron chi connectivity index (χ1n) is 13.9. The number of fused-ring (bicyclic) bond motifs is 4. The van der Waals surface area contributed by atoms with Gasteiger partial charge < -0.3 is 20.0 Å². The summed E-state index contributed by atoms with van der Waals surface area (Å²) in [5.41, 5.74) is 5.25. The number of nitrogens with zero attached hydrogens (tertiary/aromatic N) is 4. The van der Waals surface area contributed by atoms with Gasteiger partial charge in [0, 0.05) is 37.0 Å². The molecule has 7 atom stereocenters. The van der Waals surface area contributed by atoms with Crippen molar-refractivity contribution in [3.63, 3.8) is 0 Å². The van der Waals surface area contributed by atoms with Gasteiger partial charge in [0.05, 0.1) is 47.7 Å². The smallest absolute Gasteiger partial charge is 0.233 e. The van der Waals surface area contributed by atoms with Crippen LogP contribution in [-0.2, 0) is 20.8 Å². The van der Waals surface area contributed by atoms with Crippen LogP contribution < -0.4 is 4.90 Å². The van der Waals surface area contributed by atoms with Crippen molar-refractivity contribution in [3.8, 4) is 0 Å². The van der Waals surface area contributed by atoms with Gasteiger partial charge in [0.1, 0.15) is 6.10 Å². The van der Waals surface area contributed by atoms with E-state index in [1.54, 1.807) is 6.92 Å². The maximum atomic E-state index is 13.1. The molecule has 2 saturated carbocycles. The van der Waals surface area contributed by atoms with Gasteiger partial charge in [-0.3, -0.25) is 19.5 Å². The second kappa shape index (κ2) is 10.3. The molecule has 5 rings (SSSR count). The average Bonchev–Trinajstić information content (AvgIpc) is 2.99. The van der Waals surface area contributed by atoms with Crippen molar-refractivity contribution < 1.29 is 24.6 Å². The van der Waals surface area contributed by atoms with Crippen molar-refractivity contribution in [2.45, 2.75) is 84.5 Å². The molecule has 0 unspecified atom stereocenters. The van der Waals surface area contributed by atoms with Crippen LogP contribution in [0.3, 0.4) is 0 Å². The number of carbonyl (C=O) groups is 2. The average molecular weight is 513 g/mol. The fourth-order valence-electron chi connectivity index (χ4n) is 6.96. The minimum atomic E-state index is -1.06. The molecule has 0 spiro atoms. The summed E-state index contributed by atoms with van der Waals surface area (Å²) in [5.74, 6) is -2.11. The van der Waals surface area contributed by atoms with Crippen molar-refractivity contribution in [2.24, 2.45) is 28.8 Å². The predicted molar refractivity (Wildman–Crippen MR) is 139 cm³/mol. The summed E-state index contributed by atoms with van der Waals surface area (Å²) >= 11 is 0. The number of oxime groups is 1. The monoisotopic (exact) mass is 512 g/mol. The molecule has 1 aromatic heterocycles. The highest BCUT2D eigenvalue weighted by molar-refractivity contribution is 6.06. The lowest BCUT2D eigenvalue weighted by Crippen LogP contribution is -2.54. The Morgan fingerprint density at radius 1 is 1.16 bits per heavy atom. The van der Waals surface area contributed by atoms with E-state index < -0.39 is 30.0 Å². The van der Waals surface area contributed by atoms with Crippen LogP contribution in [0, 0.1) is 37.5 Å². The van der Waals surface area contributed by atoms with E-state index in [-0.39, 0.29) is 30.3 Å². The van der Waals surface area contributed by atoms with Crippen molar-refractivity contribution in [3.05, 3.63) is 23.0 Å². The normalized spacial score (nSPS) is 33.6. The summed E-state index contributed by atoms with van der Waals surface area (Å²) in [7, 11) is 0. The highest BCUT2D eigenvalue weighted by Crippen LogP contribution is 2.49. The summed E-state index contributed by atoms with van der Waals surface area (Å²) in [6.07, 6.45) is 2.32. The van der Waals surface area contributed by atoms with Crippen molar-refractivity contribution in [1.29, 1.82) is 0 Å². The second-order valence-electron chi connectivity index (χ2n) is 11.3. The van der Waals surface area contributed by atoms with Gasteiger partial charge in [0.2, 0.25) is 11.8 Å². The molecule has 2 amide bonds. The number of aryl methyl sites for hydroxylation is 3. The molecule has 0 bridgehead atoms. The number of aliphatic hydroxyl groups excluding tert-OH is 2. The van der Waals surface area contributed by atoms with Crippen LogP contribution in [0.15, 0.2) is 11.2 Å². The Hall–Kier alpha value is -2.52. The topological polar surface area (TPSA) is 116 Å². The molecule has 0 aromatic carbocycles. The fourth-order valence-corrected chi connectivity index (χ4v) is 6.96. The summed E-state index contributed by atoms with van der Waals surface area (Å²) < 4.78 is 0. The molecule has 9 heteroatoms. The number of imide groups is 1. The number of amides is 2. The van der Waals surface area contributed by atoms with Crippen LogP contribution >= 0.6 is 0 Å². The molecule has 4 aliphatic rings. The van der Waals surface area contributed by atoms with Crippen LogP contribution in [0.1, 0.15) is 62.9 Å². The summed E-state index contributed by atoms with van der Waals surface area (Å²) in [6.45, 7) is 9.85. The summed E-state index contributed by atoms with van der Waals surface area (Å²) in [4.78, 5) is 40.3. The Labute approximate surface area is 218 Å². The zero-order chi connectivity index (χ0) is 26.4. The molecule has 2 aliphatic heterocycles. The number of aromatic nitrogens is 1. The lowest BCUT2D eigenvalue weighted by atomic mass is 9.60. The Morgan fingerprint density at radius 2 is 1.92 bits per heavy atom. The summed E-state index contributed by atoms with van der Waals surface area (Å²) in [6, 6.07) is 2.23. The number of hydrogen-bond acceptors (Lipinski definition) is 8. The Bertz CT molecular complexity index is 1090. The highest BCUT2D eigenvalue weighted by atomic mass is 16.6. The lowest BCUT2D eigenvalue weighted by molar-refractivity contribution is -0.141. The molecule has 0 radical (unpaired) electrons. The van der Waals surface area contributed by atoms with Crippen LogP contribution in [0.5, 0.6) is 0 Å². The van der Waals surface area contributed by atoms with Crippen LogP contribution in [-0.4, -0.2) is 75.6 Å². The first kappa shape index (κ1) is 26.1. The molecule has 2 aliphatic carbocycles. The zero-order valence-electron chi connectivity index (χ0n) is 22.4. The van der Waals surface area contributed by atoms with E-state index in [4.69, 9.17) is 9.82 Å². The van der Waals surface area contributed by atoms with E-state index in [0.29, 0.717) is 31.6 Å². The van der Waals surface area contributed by atoms with E-state index in [1.807, 2.05) is 6.92 Å². The number of carbonyl (C=O) groups excluding carboxylic acids is 2. The molecule has 3 heterocycles. The molecule has 1 aromatic rings. The third kappa shape index (κ3) is 4.65. The number of rotatable bonds is 5. The standard InChI is InChI=1S/C28H40N4O5/c1-5-32-27(35)19-10-9-18-21(13-23(33)26(34)24(18)25(19)28(32)36)30-37-16(3)14-31-11-7-6-8-20-22(31)12-15(2)17(4)29-20/h12,16,18-19,23-26,33-34H,5-11,13-14H2,1-4H3/b30-21+/t16-,18-,19+,23+,24-,25+,26+/m0/s1. The predicted octanol–water partition coefficient (Wildman–Crippen LogP) is 2.38. The number of aliphatic hydroxyl groups is 2. The minimum Gasteiger partial charge on any atom is -0.391 e. The lowest BCUT2D eigenvalue weighted by Gasteiger charge is -2.45. The third-order valence-electron chi connectivity index (χ3n) is 8.97. The van der Waals surface area contributed by atoms with Gasteiger partial charge in [0.15, 0.2) is 0 Å². The van der Waals surface area contributed by atoms with Gasteiger partial charge >= 0.3 is 0 Å². The van der Waals surface area contributed by atoms with Gasteiger partial charge in [0.25, 0.3) is 0 Å². The van der Waals surface area contributed by atoms with Gasteiger partial charge in [-0.1, -0.05) is 5.16 Å². The van der Waals surface area contributed by atoms with Gasteiger partial charge in [-0.05, 0) is 71.4 Å². The van der Waals surface area contributed by atoms with Gasteiger partial charge in [-0.15, -0.1) is 0 Å². The van der Waals surface area contributed by atoms with E-state index in [0.717, 1.165) is 37.2 Å². The quantitative estimate of drug-likeness (QED) is 0.460. The van der Waals surface area contributed by atoms with Crippen LogP contribution in [0.25, 0.3) is 0 Å². The Morgan fingerprint density at radius 3 is 2.68 bits per heavy atom. The minimum absolute atomic E-state index is 0.149. The Kier molecular flexibility index (Phi) is 7.29. The first-order valence-corrected chi connectivity index (χ1v) is 13.9. The van der Waals surface area contributed by atoms with Gasteiger partial charge in [-0.25, -0.2) is 0 Å². The van der Waals surface area contributed by atoms with Crippen molar-refractivity contribution in [1.82, 2.24) is 9.88 Å². The number of pyridine rings is 1. The van der Waals surface area contributed by atoms with E-state index in [2.05, 4.69) is 30.0 Å². The van der Waals surface area contributed by atoms with Crippen LogP contribution in [0.2, 0.25) is 0 Å². The number of likely N-dealkylation sites (tertiary alicyclic amines) is 1. The zero-order valence-corrected chi connectivity index (χ0v) is 22.4. The third-order valence-corrected chi connectivity index (χ3v) is 8.97. The van der Waals surface area contributed by atoms with Crippen LogP contribution in [0.4, 0.5) is 5.69 Å². The number of hydrogen-bond donors (Lipinski definition) is 2. The maximum absolute atomic E-state index is 13.1. The fraction of sp³-hybridized carbons (Fsp3) is 0.714. The van der Waals surface area contributed by atoms with E-state index in [9.17, 15) is 19.8 Å². The van der Waals surface area contributed by atoms with Crippen molar-refractivity contribution >= 4 is 23.2 Å². The number of anilines is 1. The molecular formula is C28H40N4O5. The second-order valence-corrected chi connectivity index (χ2v) is 11.3. The molecule has 3 fully saturated rings. The van der Waals surface area contributed by atoms with Gasteiger partial charge in [-0.2, -0.15) is 0 Å². The maximum Gasteiger partial charge on any atom is 0.233 e. The highest BCUT2D eigenvalue weighted by Gasteiger charge is 2.59. The SMILES string of the molecule is CCN1C(=O)[C@H]2[C@H]3[C@H](O)[C@H](O)C/C(=N\O[C@@H](C)CN4CCCCc5nc(C)c(C)cc54)[C@@H]3CC[C@H]2C1=O. The molecule has 2 N–H and O–H groups in total. The Balaban J connectivity index is 1.32. The van der Waals surface area contributed by atoms with E-state index in [1.165, 1.54) is 16.2 Å². The molecule has 1 saturated heterocycles. The largest absolute Gasteiger partial charge is 0.391 e. The first-order chi connectivity index (χ1) is 17.7. The van der Waals surface area contributed by atoms with Crippen molar-refractivity contribution in [2.75, 3.05) is 24.5 Å². The molecule has 37 heavy (non-hydrogen) atoms. The molecule has 202 valence electrons. The molecular weight excluding hydrogens is 472 g/mol. The van der Waals surface area contributed by atoms with E-state index >= 15 is 0 Å².